The Morgan fingerprint density at radius 2 is 1.62 bits per heavy atom. The highest BCUT2D eigenvalue weighted by atomic mass is 16.2. The largest absolute Gasteiger partial charge is 0.347 e. The van der Waals surface area contributed by atoms with Crippen molar-refractivity contribution >= 4 is 11.8 Å². The highest BCUT2D eigenvalue weighted by molar-refractivity contribution is 5.85. The lowest BCUT2D eigenvalue weighted by Gasteiger charge is -2.21. The van der Waals surface area contributed by atoms with Crippen molar-refractivity contribution in [2.75, 3.05) is 13.1 Å². The Labute approximate surface area is 143 Å². The second-order valence-corrected chi connectivity index (χ2v) is 5.83. The minimum atomic E-state index is -0.136. The molecular weight excluding hydrogens is 300 g/mol. The van der Waals surface area contributed by atoms with Crippen molar-refractivity contribution in [1.29, 1.82) is 0 Å². The van der Waals surface area contributed by atoms with Gasteiger partial charge in [0.15, 0.2) is 0 Å². The zero-order valence-electron chi connectivity index (χ0n) is 14.3. The van der Waals surface area contributed by atoms with Gasteiger partial charge >= 0.3 is 0 Å². The maximum atomic E-state index is 12.3. The molecule has 0 aliphatic rings. The zero-order chi connectivity index (χ0) is 17.4. The molecule has 2 aromatic rings. The monoisotopic (exact) mass is 324 g/mol. The number of rotatable bonds is 7. The van der Waals surface area contributed by atoms with Gasteiger partial charge in [-0.15, -0.1) is 0 Å². The van der Waals surface area contributed by atoms with Crippen molar-refractivity contribution in [1.82, 2.24) is 10.2 Å². The summed E-state index contributed by atoms with van der Waals surface area (Å²) in [5.41, 5.74) is 3.19. The van der Waals surface area contributed by atoms with E-state index in [1.165, 1.54) is 0 Å². The molecule has 0 fully saturated rings. The first kappa shape index (κ1) is 17.7. The number of carbonyl (C=O) groups excluding carboxylic acids is 2. The number of carbonyl (C=O) groups is 2. The standard InChI is InChI=1S/C20H24N2O2/c1-3-22(15-18-7-5-4-6-8-18)20(24)14-21-19(23)13-17-11-9-16(2)10-12-17/h4-12H,3,13-15H2,1-2H3,(H,21,23). The van der Waals surface area contributed by atoms with Gasteiger partial charge in [-0.2, -0.15) is 0 Å². The summed E-state index contributed by atoms with van der Waals surface area (Å²) in [7, 11) is 0. The van der Waals surface area contributed by atoms with Crippen LogP contribution in [0.2, 0.25) is 0 Å². The Bertz CT molecular complexity index is 666. The van der Waals surface area contributed by atoms with Crippen LogP contribution in [0.5, 0.6) is 0 Å². The summed E-state index contributed by atoms with van der Waals surface area (Å²) in [6.45, 7) is 5.15. The molecule has 0 aromatic heterocycles. The van der Waals surface area contributed by atoms with Crippen molar-refractivity contribution in [3.63, 3.8) is 0 Å². The van der Waals surface area contributed by atoms with E-state index in [-0.39, 0.29) is 18.4 Å². The van der Waals surface area contributed by atoms with Gasteiger partial charge in [0, 0.05) is 13.1 Å². The van der Waals surface area contributed by atoms with Crippen LogP contribution < -0.4 is 5.32 Å². The molecule has 2 amide bonds. The SMILES string of the molecule is CCN(Cc1ccccc1)C(=O)CNC(=O)Cc1ccc(C)cc1. The molecule has 0 spiro atoms. The van der Waals surface area contributed by atoms with Crippen LogP contribution in [-0.2, 0) is 22.6 Å². The van der Waals surface area contributed by atoms with Crippen LogP contribution in [-0.4, -0.2) is 29.8 Å². The highest BCUT2D eigenvalue weighted by Gasteiger charge is 2.13. The number of amides is 2. The van der Waals surface area contributed by atoms with Gasteiger partial charge in [0.05, 0.1) is 13.0 Å². The summed E-state index contributed by atoms with van der Waals surface area (Å²) in [6, 6.07) is 17.7. The number of nitrogens with zero attached hydrogens (tertiary/aromatic N) is 1. The van der Waals surface area contributed by atoms with E-state index < -0.39 is 0 Å². The van der Waals surface area contributed by atoms with Crippen LogP contribution in [0.1, 0.15) is 23.6 Å². The first-order valence-corrected chi connectivity index (χ1v) is 8.22. The molecule has 0 atom stereocenters. The van der Waals surface area contributed by atoms with Gasteiger partial charge in [-0.3, -0.25) is 9.59 Å². The fourth-order valence-corrected chi connectivity index (χ4v) is 2.42. The first-order valence-electron chi connectivity index (χ1n) is 8.22. The summed E-state index contributed by atoms with van der Waals surface area (Å²) in [4.78, 5) is 26.0. The second kappa shape index (κ2) is 8.87. The quantitative estimate of drug-likeness (QED) is 0.851. The number of nitrogens with one attached hydrogen (secondary N) is 1. The van der Waals surface area contributed by atoms with E-state index in [9.17, 15) is 9.59 Å². The average molecular weight is 324 g/mol. The van der Waals surface area contributed by atoms with Gasteiger partial charge in [0.25, 0.3) is 0 Å². The fraction of sp³-hybridized carbons (Fsp3) is 0.300. The highest BCUT2D eigenvalue weighted by Crippen LogP contribution is 2.05. The molecule has 0 heterocycles. The molecule has 0 saturated carbocycles. The predicted molar refractivity (Wildman–Crippen MR) is 95.4 cm³/mol. The lowest BCUT2D eigenvalue weighted by Crippen LogP contribution is -2.40. The van der Waals surface area contributed by atoms with E-state index in [0.717, 1.165) is 16.7 Å². The molecule has 24 heavy (non-hydrogen) atoms. The number of hydrogen-bond acceptors (Lipinski definition) is 2. The zero-order valence-corrected chi connectivity index (χ0v) is 14.3. The number of hydrogen-bond donors (Lipinski definition) is 1. The molecule has 2 rings (SSSR count). The minimum absolute atomic E-state index is 0.0331. The third-order valence-corrected chi connectivity index (χ3v) is 3.87. The van der Waals surface area contributed by atoms with Gasteiger partial charge in [-0.1, -0.05) is 60.2 Å². The fourth-order valence-electron chi connectivity index (χ4n) is 2.42. The van der Waals surface area contributed by atoms with Crippen molar-refractivity contribution < 1.29 is 9.59 Å². The molecule has 4 heteroatoms. The van der Waals surface area contributed by atoms with Crippen LogP contribution >= 0.6 is 0 Å². The van der Waals surface area contributed by atoms with Gasteiger partial charge in [0.1, 0.15) is 0 Å². The normalized spacial score (nSPS) is 10.2. The van der Waals surface area contributed by atoms with E-state index in [1.807, 2.05) is 68.4 Å². The average Bonchev–Trinajstić information content (AvgIpc) is 2.60. The summed E-state index contributed by atoms with van der Waals surface area (Å²) in [6.07, 6.45) is 0.290. The van der Waals surface area contributed by atoms with E-state index in [4.69, 9.17) is 0 Å². The summed E-state index contributed by atoms with van der Waals surface area (Å²) < 4.78 is 0. The number of likely N-dealkylation sites (N-methyl/N-ethyl adjacent to an activating group) is 1. The van der Waals surface area contributed by atoms with Crippen molar-refractivity contribution in [3.05, 3.63) is 71.3 Å². The van der Waals surface area contributed by atoms with E-state index in [2.05, 4.69) is 5.32 Å². The van der Waals surface area contributed by atoms with Gasteiger partial charge in [-0.25, -0.2) is 0 Å². The van der Waals surface area contributed by atoms with Crippen molar-refractivity contribution in [3.8, 4) is 0 Å². The number of aryl methyl sites for hydroxylation is 1. The Morgan fingerprint density at radius 3 is 2.25 bits per heavy atom. The Morgan fingerprint density at radius 1 is 0.958 bits per heavy atom. The molecule has 0 unspecified atom stereocenters. The van der Waals surface area contributed by atoms with Crippen molar-refractivity contribution in [2.45, 2.75) is 26.8 Å². The van der Waals surface area contributed by atoms with Crippen LogP contribution in [0.4, 0.5) is 0 Å². The van der Waals surface area contributed by atoms with Crippen LogP contribution in [0.3, 0.4) is 0 Å². The van der Waals surface area contributed by atoms with Crippen LogP contribution in [0, 0.1) is 6.92 Å². The summed E-state index contributed by atoms with van der Waals surface area (Å²) in [5.74, 6) is -0.207. The maximum absolute atomic E-state index is 12.3. The third kappa shape index (κ3) is 5.54. The first-order chi connectivity index (χ1) is 11.6. The predicted octanol–water partition coefficient (Wildman–Crippen LogP) is 2.70. The molecule has 0 saturated heterocycles. The minimum Gasteiger partial charge on any atom is -0.347 e. The molecule has 126 valence electrons. The molecule has 2 aromatic carbocycles. The lowest BCUT2D eigenvalue weighted by molar-refractivity contribution is -0.133. The van der Waals surface area contributed by atoms with Crippen LogP contribution in [0.25, 0.3) is 0 Å². The smallest absolute Gasteiger partial charge is 0.242 e. The molecule has 0 aliphatic carbocycles. The topological polar surface area (TPSA) is 49.4 Å². The van der Waals surface area contributed by atoms with Gasteiger partial charge < -0.3 is 10.2 Å². The van der Waals surface area contributed by atoms with E-state index in [1.54, 1.807) is 4.90 Å². The Balaban J connectivity index is 1.82. The molecular formula is C20H24N2O2. The molecule has 0 radical (unpaired) electrons. The second-order valence-electron chi connectivity index (χ2n) is 5.83. The third-order valence-electron chi connectivity index (χ3n) is 3.87. The van der Waals surface area contributed by atoms with E-state index >= 15 is 0 Å². The van der Waals surface area contributed by atoms with Crippen LogP contribution in [0.15, 0.2) is 54.6 Å². The Kier molecular flexibility index (Phi) is 6.55. The maximum Gasteiger partial charge on any atom is 0.242 e. The number of benzene rings is 2. The molecule has 1 N–H and O–H groups in total. The Hall–Kier alpha value is -2.62. The van der Waals surface area contributed by atoms with Gasteiger partial charge in [-0.05, 0) is 25.0 Å². The summed E-state index contributed by atoms with van der Waals surface area (Å²) >= 11 is 0. The molecule has 0 aliphatic heterocycles. The molecule has 4 nitrogen and oxygen atoms in total. The van der Waals surface area contributed by atoms with E-state index in [0.29, 0.717) is 19.5 Å². The summed E-state index contributed by atoms with van der Waals surface area (Å²) in [5, 5.41) is 2.72. The van der Waals surface area contributed by atoms with Crippen molar-refractivity contribution in [2.24, 2.45) is 0 Å². The lowest BCUT2D eigenvalue weighted by atomic mass is 10.1. The van der Waals surface area contributed by atoms with Gasteiger partial charge in [0.2, 0.25) is 11.8 Å². The molecule has 0 bridgehead atoms.